The van der Waals surface area contributed by atoms with E-state index in [1.165, 1.54) is 0 Å². The largest absolute Gasteiger partial charge is 0.452 e. The molecule has 0 saturated heterocycles. The molecule has 0 amide bonds. The summed E-state index contributed by atoms with van der Waals surface area (Å²) in [6.45, 7) is 3.94. The number of rotatable bonds is 0. The van der Waals surface area contributed by atoms with Crippen molar-refractivity contribution in [2.75, 3.05) is 0 Å². The zero-order chi connectivity index (χ0) is 12.0. The van der Waals surface area contributed by atoms with E-state index in [1.54, 1.807) is 12.2 Å². The highest BCUT2D eigenvalue weighted by Gasteiger charge is 2.36. The van der Waals surface area contributed by atoms with Gasteiger partial charge in [0, 0.05) is 11.0 Å². The summed E-state index contributed by atoms with van der Waals surface area (Å²) in [5.74, 6) is -0.694. The van der Waals surface area contributed by atoms with Crippen molar-refractivity contribution >= 4 is 12.2 Å². The molecule has 1 aromatic rings. The van der Waals surface area contributed by atoms with Crippen molar-refractivity contribution < 1.29 is 17.6 Å². The molecule has 1 aliphatic rings. The molecule has 1 aliphatic carbocycles. The Balaban J connectivity index is 2.45. The Bertz CT molecular complexity index is 428. The second kappa shape index (κ2) is 3.27. The van der Waals surface area contributed by atoms with Gasteiger partial charge >= 0.3 is 6.18 Å². The molecule has 1 heterocycles. The molecule has 2 rings (SSSR count). The number of furan rings is 1. The average molecular weight is 228 g/mol. The third-order valence-electron chi connectivity index (χ3n) is 2.43. The van der Waals surface area contributed by atoms with E-state index < -0.39 is 11.9 Å². The van der Waals surface area contributed by atoms with Crippen LogP contribution in [0, 0.1) is 5.41 Å². The zero-order valence-electron chi connectivity index (χ0n) is 8.93. The Hall–Kier alpha value is -1.45. The molecule has 0 atom stereocenters. The summed E-state index contributed by atoms with van der Waals surface area (Å²) >= 11 is 0. The Morgan fingerprint density at radius 1 is 1.12 bits per heavy atom. The molecular weight excluding hydrogens is 217 g/mol. The van der Waals surface area contributed by atoms with Crippen LogP contribution in [-0.2, 0) is 6.18 Å². The van der Waals surface area contributed by atoms with Gasteiger partial charge in [-0.15, -0.1) is 0 Å². The quantitative estimate of drug-likeness (QED) is 0.642. The third kappa shape index (κ3) is 2.05. The third-order valence-corrected chi connectivity index (χ3v) is 2.43. The lowest BCUT2D eigenvalue weighted by Crippen LogP contribution is -2.02. The second-order valence-corrected chi connectivity index (χ2v) is 4.42. The fourth-order valence-electron chi connectivity index (χ4n) is 1.47. The van der Waals surface area contributed by atoms with Gasteiger partial charge in [0.1, 0.15) is 5.76 Å². The van der Waals surface area contributed by atoms with Crippen LogP contribution in [0.3, 0.4) is 0 Å². The molecule has 0 fully saturated rings. The Kier molecular flexibility index (Phi) is 2.26. The van der Waals surface area contributed by atoms with E-state index in [0.717, 1.165) is 6.07 Å². The number of alkyl halides is 3. The van der Waals surface area contributed by atoms with E-state index in [9.17, 15) is 13.2 Å². The fourth-order valence-corrected chi connectivity index (χ4v) is 1.47. The monoisotopic (exact) mass is 228 g/mol. The molecule has 1 aromatic heterocycles. The number of hydrogen-bond acceptors (Lipinski definition) is 1. The van der Waals surface area contributed by atoms with Crippen molar-refractivity contribution in [2.24, 2.45) is 5.41 Å². The Labute approximate surface area is 91.3 Å². The van der Waals surface area contributed by atoms with E-state index in [-0.39, 0.29) is 11.2 Å². The zero-order valence-corrected chi connectivity index (χ0v) is 8.93. The Morgan fingerprint density at radius 2 is 1.75 bits per heavy atom. The molecule has 0 unspecified atom stereocenters. The van der Waals surface area contributed by atoms with Crippen molar-refractivity contribution in [3.8, 4) is 0 Å². The van der Waals surface area contributed by atoms with Gasteiger partial charge in [0.15, 0.2) is 0 Å². The molecule has 0 radical (unpaired) electrons. The second-order valence-electron chi connectivity index (χ2n) is 4.42. The molecule has 16 heavy (non-hydrogen) atoms. The summed E-state index contributed by atoms with van der Waals surface area (Å²) in [5, 5.41) is 0. The summed E-state index contributed by atoms with van der Waals surface area (Å²) in [6.07, 6.45) is 2.49. The predicted octanol–water partition coefficient (Wildman–Crippen LogP) is 4.36. The minimum atomic E-state index is -4.43. The average Bonchev–Trinajstić information content (AvgIpc) is 2.49. The van der Waals surface area contributed by atoms with Crippen LogP contribution in [0.1, 0.15) is 30.9 Å². The Morgan fingerprint density at radius 3 is 2.38 bits per heavy atom. The van der Waals surface area contributed by atoms with Crippen LogP contribution in [0.25, 0.3) is 12.2 Å². The standard InChI is InChI=1S/C12H11F3O/c1-11(2)5-3-8-7-10(12(13,14)15)16-9(8)4-6-11/h3-7H,1-2H3. The van der Waals surface area contributed by atoms with E-state index in [4.69, 9.17) is 4.42 Å². The van der Waals surface area contributed by atoms with Crippen molar-refractivity contribution in [1.29, 1.82) is 0 Å². The van der Waals surface area contributed by atoms with Gasteiger partial charge in [0.25, 0.3) is 0 Å². The van der Waals surface area contributed by atoms with Gasteiger partial charge < -0.3 is 4.42 Å². The van der Waals surface area contributed by atoms with Crippen LogP contribution in [0.2, 0.25) is 0 Å². The van der Waals surface area contributed by atoms with Gasteiger partial charge in [-0.3, -0.25) is 0 Å². The van der Waals surface area contributed by atoms with Crippen molar-refractivity contribution in [1.82, 2.24) is 0 Å². The highest BCUT2D eigenvalue weighted by Crippen LogP contribution is 2.36. The van der Waals surface area contributed by atoms with Crippen LogP contribution in [0.4, 0.5) is 13.2 Å². The molecule has 0 aromatic carbocycles. The lowest BCUT2D eigenvalue weighted by molar-refractivity contribution is -0.153. The molecule has 86 valence electrons. The minimum absolute atomic E-state index is 0.167. The number of fused-ring (bicyclic) bond motifs is 1. The number of hydrogen-bond donors (Lipinski definition) is 0. The molecule has 0 N–H and O–H groups in total. The molecule has 0 saturated carbocycles. The molecule has 0 bridgehead atoms. The topological polar surface area (TPSA) is 13.1 Å². The summed E-state index contributed by atoms with van der Waals surface area (Å²) in [5.41, 5.74) is 0.300. The maximum atomic E-state index is 12.4. The van der Waals surface area contributed by atoms with Gasteiger partial charge in [-0.2, -0.15) is 13.2 Å². The first-order valence-electron chi connectivity index (χ1n) is 4.87. The molecule has 4 heteroatoms. The molecule has 0 aliphatic heterocycles. The van der Waals surface area contributed by atoms with Crippen molar-refractivity contribution in [2.45, 2.75) is 20.0 Å². The first kappa shape index (κ1) is 11.0. The maximum Gasteiger partial charge on any atom is 0.449 e. The van der Waals surface area contributed by atoms with Crippen LogP contribution in [-0.4, -0.2) is 0 Å². The summed E-state index contributed by atoms with van der Waals surface area (Å²) in [7, 11) is 0. The predicted molar refractivity (Wildman–Crippen MR) is 55.6 cm³/mol. The van der Waals surface area contributed by atoms with Crippen LogP contribution in [0.15, 0.2) is 22.6 Å². The minimum Gasteiger partial charge on any atom is -0.452 e. The van der Waals surface area contributed by atoms with E-state index >= 15 is 0 Å². The lowest BCUT2D eigenvalue weighted by Gasteiger charge is -2.12. The summed E-state index contributed by atoms with van der Waals surface area (Å²) < 4.78 is 41.9. The van der Waals surface area contributed by atoms with Gasteiger partial charge in [-0.05, 0) is 12.1 Å². The van der Waals surface area contributed by atoms with Crippen LogP contribution < -0.4 is 0 Å². The fraction of sp³-hybridized carbons (Fsp3) is 0.333. The van der Waals surface area contributed by atoms with Gasteiger partial charge in [-0.1, -0.05) is 32.1 Å². The highest BCUT2D eigenvalue weighted by molar-refractivity contribution is 5.65. The lowest BCUT2D eigenvalue weighted by atomic mass is 9.93. The smallest absolute Gasteiger partial charge is 0.449 e. The molecule has 0 spiro atoms. The molecule has 1 nitrogen and oxygen atoms in total. The van der Waals surface area contributed by atoms with E-state index in [2.05, 4.69) is 0 Å². The normalized spacial score (nSPS) is 18.3. The van der Waals surface area contributed by atoms with Gasteiger partial charge in [-0.25, -0.2) is 0 Å². The summed E-state index contributed by atoms with van der Waals surface area (Å²) in [4.78, 5) is 0. The number of halogens is 3. The SMILES string of the molecule is CC1(C)C=Cc2cc(C(F)(F)F)oc2C=C1. The van der Waals surface area contributed by atoms with Gasteiger partial charge in [0.05, 0.1) is 0 Å². The number of allylic oxidation sites excluding steroid dienone is 2. The first-order chi connectivity index (χ1) is 7.28. The van der Waals surface area contributed by atoms with Crippen LogP contribution >= 0.6 is 0 Å². The first-order valence-corrected chi connectivity index (χ1v) is 4.87. The van der Waals surface area contributed by atoms with Gasteiger partial charge in [0.2, 0.25) is 5.76 Å². The molecular formula is C12H11F3O. The van der Waals surface area contributed by atoms with Crippen LogP contribution in [0.5, 0.6) is 0 Å². The van der Waals surface area contributed by atoms with E-state index in [0.29, 0.717) is 5.56 Å². The maximum absolute atomic E-state index is 12.4. The van der Waals surface area contributed by atoms with E-state index in [1.807, 2.05) is 26.0 Å². The highest BCUT2D eigenvalue weighted by atomic mass is 19.4. The van der Waals surface area contributed by atoms with Crippen molar-refractivity contribution in [3.63, 3.8) is 0 Å². The van der Waals surface area contributed by atoms with Crippen molar-refractivity contribution in [3.05, 3.63) is 35.3 Å². The summed E-state index contributed by atoms with van der Waals surface area (Å²) in [6, 6.07) is 1.03.